The van der Waals surface area contributed by atoms with Crippen molar-refractivity contribution in [2.45, 2.75) is 26.3 Å². The summed E-state index contributed by atoms with van der Waals surface area (Å²) in [5.74, 6) is -0.266. The van der Waals surface area contributed by atoms with E-state index in [1.165, 1.54) is 0 Å². The molecule has 0 aromatic carbocycles. The van der Waals surface area contributed by atoms with Gasteiger partial charge in [0.05, 0.1) is 0 Å². The first-order valence-corrected chi connectivity index (χ1v) is 5.15. The van der Waals surface area contributed by atoms with Gasteiger partial charge in [-0.1, -0.05) is 12.1 Å². The normalized spacial score (nSPS) is 16.3. The molecule has 0 saturated carbocycles. The topological polar surface area (TPSA) is 66.6 Å². The maximum absolute atomic E-state index is 10.9. The van der Waals surface area contributed by atoms with Gasteiger partial charge < -0.3 is 9.63 Å². The molecule has 2 rings (SSSR count). The van der Waals surface area contributed by atoms with Crippen LogP contribution in [0.3, 0.4) is 0 Å². The number of carboxylic acids is 1. The van der Waals surface area contributed by atoms with Gasteiger partial charge in [0.1, 0.15) is 5.76 Å². The maximum Gasteiger partial charge on any atom is 0.358 e. The average Bonchev–Trinajstić information content (AvgIpc) is 2.61. The van der Waals surface area contributed by atoms with Crippen LogP contribution in [0.25, 0.3) is 0 Å². The van der Waals surface area contributed by atoms with Crippen molar-refractivity contribution >= 4 is 5.97 Å². The number of aromatic carboxylic acids is 1. The minimum absolute atomic E-state index is 0.0748. The molecule has 5 heteroatoms. The fourth-order valence-electron chi connectivity index (χ4n) is 1.94. The Morgan fingerprint density at radius 2 is 2.47 bits per heavy atom. The third-order valence-electron chi connectivity index (χ3n) is 2.65. The molecule has 1 aromatic rings. The van der Waals surface area contributed by atoms with Gasteiger partial charge in [-0.25, -0.2) is 4.79 Å². The van der Waals surface area contributed by atoms with Gasteiger partial charge in [0.2, 0.25) is 0 Å². The molecule has 1 aromatic heterocycles. The van der Waals surface area contributed by atoms with Gasteiger partial charge in [0.25, 0.3) is 0 Å². The van der Waals surface area contributed by atoms with Gasteiger partial charge in [-0.2, -0.15) is 0 Å². The molecule has 0 saturated heterocycles. The number of carbonyl (C=O) groups is 1. The van der Waals surface area contributed by atoms with Crippen molar-refractivity contribution in [3.8, 4) is 0 Å². The number of nitrogens with zero attached hydrogens (tertiary/aromatic N) is 2. The summed E-state index contributed by atoms with van der Waals surface area (Å²) in [6.07, 6.45) is 1.83. The first kappa shape index (κ1) is 10.2. The molecule has 0 amide bonds. The molecular weight excluding hydrogens is 196 g/mol. The van der Waals surface area contributed by atoms with Crippen molar-refractivity contribution in [3.63, 3.8) is 0 Å². The summed E-state index contributed by atoms with van der Waals surface area (Å²) < 4.78 is 5.02. The van der Waals surface area contributed by atoms with Crippen molar-refractivity contribution in [3.05, 3.63) is 17.0 Å². The molecule has 0 bridgehead atoms. The highest BCUT2D eigenvalue weighted by molar-refractivity contribution is 5.87. The lowest BCUT2D eigenvalue weighted by Gasteiger charge is -2.24. The van der Waals surface area contributed by atoms with E-state index in [1.54, 1.807) is 0 Å². The van der Waals surface area contributed by atoms with E-state index in [-0.39, 0.29) is 5.69 Å². The molecule has 82 valence electrons. The Balaban J connectivity index is 2.22. The quantitative estimate of drug-likeness (QED) is 0.810. The van der Waals surface area contributed by atoms with E-state index in [1.807, 2.05) is 0 Å². The lowest BCUT2D eigenvalue weighted by atomic mass is 10.1. The first-order chi connectivity index (χ1) is 7.22. The summed E-state index contributed by atoms with van der Waals surface area (Å²) in [5.41, 5.74) is 0.827. The van der Waals surface area contributed by atoms with E-state index in [0.29, 0.717) is 6.54 Å². The minimum Gasteiger partial charge on any atom is -0.476 e. The number of rotatable bonds is 3. The van der Waals surface area contributed by atoms with Crippen LogP contribution in [-0.2, 0) is 13.0 Å². The largest absolute Gasteiger partial charge is 0.476 e. The highest BCUT2D eigenvalue weighted by Gasteiger charge is 2.26. The van der Waals surface area contributed by atoms with Gasteiger partial charge in [-0.05, 0) is 13.0 Å². The van der Waals surface area contributed by atoms with Crippen LogP contribution < -0.4 is 0 Å². The van der Waals surface area contributed by atoms with Crippen LogP contribution in [0.1, 0.15) is 35.2 Å². The molecule has 2 heterocycles. The van der Waals surface area contributed by atoms with Crippen LogP contribution in [0, 0.1) is 0 Å². The van der Waals surface area contributed by atoms with E-state index in [2.05, 4.69) is 17.0 Å². The molecule has 0 spiro atoms. The molecule has 0 fully saturated rings. The van der Waals surface area contributed by atoms with E-state index in [0.717, 1.165) is 37.3 Å². The van der Waals surface area contributed by atoms with Crippen LogP contribution in [0.4, 0.5) is 0 Å². The lowest BCUT2D eigenvalue weighted by molar-refractivity contribution is 0.0684. The van der Waals surface area contributed by atoms with Gasteiger partial charge >= 0.3 is 5.97 Å². The summed E-state index contributed by atoms with van der Waals surface area (Å²) >= 11 is 0. The molecule has 0 atom stereocenters. The Labute approximate surface area is 87.7 Å². The fourth-order valence-corrected chi connectivity index (χ4v) is 1.94. The Morgan fingerprint density at radius 1 is 1.67 bits per heavy atom. The highest BCUT2D eigenvalue weighted by atomic mass is 16.5. The second-order valence-corrected chi connectivity index (χ2v) is 3.76. The molecule has 15 heavy (non-hydrogen) atoms. The summed E-state index contributed by atoms with van der Waals surface area (Å²) in [5, 5.41) is 12.5. The van der Waals surface area contributed by atoms with Crippen molar-refractivity contribution in [1.82, 2.24) is 10.1 Å². The monoisotopic (exact) mass is 210 g/mol. The van der Waals surface area contributed by atoms with E-state index in [9.17, 15) is 4.79 Å². The summed E-state index contributed by atoms with van der Waals surface area (Å²) in [4.78, 5) is 13.1. The van der Waals surface area contributed by atoms with Crippen molar-refractivity contribution in [2.24, 2.45) is 0 Å². The number of aromatic nitrogens is 1. The van der Waals surface area contributed by atoms with Gasteiger partial charge in [-0.3, -0.25) is 4.90 Å². The predicted molar refractivity (Wildman–Crippen MR) is 52.7 cm³/mol. The van der Waals surface area contributed by atoms with Gasteiger partial charge in [0.15, 0.2) is 5.69 Å². The van der Waals surface area contributed by atoms with Crippen LogP contribution in [-0.4, -0.2) is 34.2 Å². The second kappa shape index (κ2) is 4.02. The fraction of sp³-hybridized carbons (Fsp3) is 0.600. The lowest BCUT2D eigenvalue weighted by Crippen LogP contribution is -2.31. The zero-order valence-corrected chi connectivity index (χ0v) is 8.69. The zero-order valence-electron chi connectivity index (χ0n) is 8.69. The number of fused-ring (bicyclic) bond motifs is 1. The van der Waals surface area contributed by atoms with Crippen LogP contribution in [0.5, 0.6) is 0 Å². The smallest absolute Gasteiger partial charge is 0.358 e. The van der Waals surface area contributed by atoms with E-state index in [4.69, 9.17) is 9.63 Å². The molecule has 1 N–H and O–H groups in total. The Hall–Kier alpha value is -1.36. The number of hydrogen-bond donors (Lipinski definition) is 1. The van der Waals surface area contributed by atoms with E-state index < -0.39 is 5.97 Å². The molecule has 1 aliphatic heterocycles. The van der Waals surface area contributed by atoms with Gasteiger partial charge in [0, 0.05) is 25.1 Å². The minimum atomic E-state index is -1.00. The third kappa shape index (κ3) is 1.87. The molecular formula is C10H14N2O3. The predicted octanol–water partition coefficient (Wildman–Crippen LogP) is 1.14. The molecule has 0 radical (unpaired) electrons. The number of carboxylic acid groups (broad SMARTS) is 1. The third-order valence-corrected chi connectivity index (χ3v) is 2.65. The van der Waals surface area contributed by atoms with Crippen molar-refractivity contribution in [1.29, 1.82) is 0 Å². The SMILES string of the molecule is CCCN1CCc2onc(C(=O)O)c2C1. The van der Waals surface area contributed by atoms with E-state index >= 15 is 0 Å². The Kier molecular flexibility index (Phi) is 2.73. The standard InChI is InChI=1S/C10H14N2O3/c1-2-4-12-5-3-8-7(6-12)9(10(13)14)11-15-8/h2-6H2,1H3,(H,13,14). The van der Waals surface area contributed by atoms with Gasteiger partial charge in [-0.15, -0.1) is 0 Å². The second-order valence-electron chi connectivity index (χ2n) is 3.76. The van der Waals surface area contributed by atoms with Crippen molar-refractivity contribution < 1.29 is 14.4 Å². The van der Waals surface area contributed by atoms with Crippen molar-refractivity contribution in [2.75, 3.05) is 13.1 Å². The van der Waals surface area contributed by atoms with Crippen LogP contribution >= 0.6 is 0 Å². The summed E-state index contributed by atoms with van der Waals surface area (Å²) in [7, 11) is 0. The average molecular weight is 210 g/mol. The molecule has 0 unspecified atom stereocenters. The van der Waals surface area contributed by atoms with Crippen LogP contribution in [0.15, 0.2) is 4.52 Å². The molecule has 0 aliphatic carbocycles. The summed E-state index contributed by atoms with van der Waals surface area (Å²) in [6, 6.07) is 0. The first-order valence-electron chi connectivity index (χ1n) is 5.15. The maximum atomic E-state index is 10.9. The zero-order chi connectivity index (χ0) is 10.8. The molecule has 5 nitrogen and oxygen atoms in total. The Bertz CT molecular complexity index is 373. The highest BCUT2D eigenvalue weighted by Crippen LogP contribution is 2.22. The molecule has 1 aliphatic rings. The van der Waals surface area contributed by atoms with Crippen LogP contribution in [0.2, 0.25) is 0 Å². The summed E-state index contributed by atoms with van der Waals surface area (Å²) in [6.45, 7) is 4.67. The number of hydrogen-bond acceptors (Lipinski definition) is 4. The Morgan fingerprint density at radius 3 is 3.13 bits per heavy atom.